The maximum Gasteiger partial charge on any atom is 0.271 e. The molecule has 0 spiro atoms. The van der Waals surface area contributed by atoms with E-state index in [2.05, 4.69) is 18.2 Å². The first-order valence-electron chi connectivity index (χ1n) is 11.5. The first kappa shape index (κ1) is 21.7. The molecule has 0 fully saturated rings. The maximum absolute atomic E-state index is 13.8. The number of hydrogen-bond donors (Lipinski definition) is 0. The van der Waals surface area contributed by atoms with Crippen LogP contribution < -0.4 is 24.4 Å². The van der Waals surface area contributed by atoms with E-state index >= 15 is 0 Å². The average molecular weight is 485 g/mol. The second-order valence-electron chi connectivity index (χ2n) is 8.68. The van der Waals surface area contributed by atoms with Crippen LogP contribution in [0, 0.1) is 6.92 Å². The summed E-state index contributed by atoms with van der Waals surface area (Å²) in [5, 5.41) is 0. The predicted octanol–water partition coefficient (Wildman–Crippen LogP) is 4.24. The first-order chi connectivity index (χ1) is 17.1. The highest BCUT2D eigenvalue weighted by Gasteiger charge is 2.33. The van der Waals surface area contributed by atoms with Gasteiger partial charge in [-0.3, -0.25) is 9.36 Å². The van der Waals surface area contributed by atoms with Gasteiger partial charge >= 0.3 is 0 Å². The quantitative estimate of drug-likeness (QED) is 0.435. The van der Waals surface area contributed by atoms with Crippen LogP contribution >= 0.6 is 11.3 Å². The van der Waals surface area contributed by atoms with E-state index in [-0.39, 0.29) is 11.6 Å². The second kappa shape index (κ2) is 8.43. The van der Waals surface area contributed by atoms with E-state index in [9.17, 15) is 4.79 Å². The zero-order chi connectivity index (χ0) is 24.1. The molecule has 1 atom stereocenters. The molecule has 176 valence electrons. The number of nitrogens with zero attached hydrogens (tertiary/aromatic N) is 2. The van der Waals surface area contributed by atoms with Gasteiger partial charge in [0.2, 0.25) is 0 Å². The maximum atomic E-state index is 13.8. The fourth-order valence-corrected chi connectivity index (χ4v) is 5.99. The minimum Gasteiger partial charge on any atom is -0.493 e. The van der Waals surface area contributed by atoms with Crippen LogP contribution in [0.2, 0.25) is 0 Å². The van der Waals surface area contributed by atoms with Gasteiger partial charge in [0.1, 0.15) is 11.5 Å². The summed E-state index contributed by atoms with van der Waals surface area (Å²) in [6, 6.07) is 17.8. The van der Waals surface area contributed by atoms with Crippen molar-refractivity contribution in [2.45, 2.75) is 25.8 Å². The lowest BCUT2D eigenvalue weighted by Crippen LogP contribution is -2.38. The van der Waals surface area contributed by atoms with Gasteiger partial charge in [0.05, 0.1) is 30.5 Å². The van der Waals surface area contributed by atoms with Gasteiger partial charge in [-0.05, 0) is 60.7 Å². The Morgan fingerprint density at radius 2 is 1.89 bits per heavy atom. The van der Waals surface area contributed by atoms with Gasteiger partial charge in [-0.25, -0.2) is 4.99 Å². The Bertz CT molecular complexity index is 1670. The minimum atomic E-state index is -0.283. The third kappa shape index (κ3) is 3.54. The number of fused-ring (bicyclic) bond motifs is 3. The van der Waals surface area contributed by atoms with Crippen molar-refractivity contribution < 1.29 is 13.9 Å². The normalized spacial score (nSPS) is 16.9. The fourth-order valence-electron chi connectivity index (χ4n) is 5.01. The van der Waals surface area contributed by atoms with Crippen LogP contribution in [0.15, 0.2) is 74.4 Å². The predicted molar refractivity (Wildman–Crippen MR) is 136 cm³/mol. The second-order valence-corrected chi connectivity index (χ2v) is 9.69. The number of hydrogen-bond acceptors (Lipinski definition) is 6. The Hall–Kier alpha value is -3.84. The van der Waals surface area contributed by atoms with Crippen LogP contribution in [0.1, 0.15) is 40.7 Å². The molecule has 2 aliphatic rings. The van der Waals surface area contributed by atoms with Crippen LogP contribution in [0.25, 0.3) is 11.8 Å². The molecule has 4 aromatic rings. The lowest BCUT2D eigenvalue weighted by atomic mass is 9.83. The minimum absolute atomic E-state index is 0.0759. The van der Waals surface area contributed by atoms with Crippen molar-refractivity contribution in [3.63, 3.8) is 0 Å². The molecule has 2 aromatic carbocycles. The molecule has 0 radical (unpaired) electrons. The monoisotopic (exact) mass is 484 g/mol. The number of aryl methyl sites for hydroxylation is 2. The summed E-state index contributed by atoms with van der Waals surface area (Å²) in [5.74, 6) is 2.75. The zero-order valence-electron chi connectivity index (χ0n) is 19.7. The summed E-state index contributed by atoms with van der Waals surface area (Å²) in [4.78, 5) is 19.5. The van der Waals surface area contributed by atoms with Crippen molar-refractivity contribution >= 4 is 23.1 Å². The Kier molecular flexibility index (Phi) is 5.22. The number of benzene rings is 2. The standard InChI is InChI=1S/C28H24N2O4S/c1-16-8-11-19(34-16)15-24-27(31)30-26(18-10-13-22(32-2)23(14-18)33-3)21-12-9-17-6-4-5-7-20(17)25(21)29-28(30)35-24/h4-8,10-11,13-15,26H,9,12H2,1-3H3/b24-15-. The van der Waals surface area contributed by atoms with E-state index in [4.69, 9.17) is 18.9 Å². The van der Waals surface area contributed by atoms with Crippen molar-refractivity contribution in [1.29, 1.82) is 0 Å². The van der Waals surface area contributed by atoms with Crippen LogP contribution in [0.5, 0.6) is 11.5 Å². The molecule has 3 heterocycles. The van der Waals surface area contributed by atoms with Gasteiger partial charge in [-0.1, -0.05) is 41.7 Å². The van der Waals surface area contributed by atoms with Crippen molar-refractivity contribution in [3.05, 3.63) is 108 Å². The highest BCUT2D eigenvalue weighted by Crippen LogP contribution is 2.42. The molecule has 1 aliphatic carbocycles. The third-order valence-electron chi connectivity index (χ3n) is 6.63. The molecule has 6 nitrogen and oxygen atoms in total. The van der Waals surface area contributed by atoms with E-state index in [1.165, 1.54) is 16.9 Å². The van der Waals surface area contributed by atoms with Gasteiger partial charge in [-0.15, -0.1) is 0 Å². The fraction of sp³-hybridized carbons (Fsp3) is 0.214. The third-order valence-corrected chi connectivity index (χ3v) is 7.61. The molecule has 0 bridgehead atoms. The van der Waals surface area contributed by atoms with Gasteiger partial charge in [0.25, 0.3) is 5.56 Å². The molecule has 35 heavy (non-hydrogen) atoms. The van der Waals surface area contributed by atoms with Gasteiger partial charge in [-0.2, -0.15) is 0 Å². The zero-order valence-corrected chi connectivity index (χ0v) is 20.5. The van der Waals surface area contributed by atoms with E-state index in [1.54, 1.807) is 20.3 Å². The Labute approximate surface area is 206 Å². The molecule has 0 amide bonds. The molecule has 0 saturated heterocycles. The van der Waals surface area contributed by atoms with Crippen molar-refractivity contribution in [3.8, 4) is 11.5 Å². The summed E-state index contributed by atoms with van der Waals surface area (Å²) in [7, 11) is 3.25. The van der Waals surface area contributed by atoms with Crippen LogP contribution in [-0.4, -0.2) is 18.8 Å². The van der Waals surface area contributed by atoms with Crippen molar-refractivity contribution in [2.75, 3.05) is 14.2 Å². The molecule has 6 rings (SSSR count). The first-order valence-corrected chi connectivity index (χ1v) is 12.3. The SMILES string of the molecule is COc1ccc(C2C3=C(N=c4s/c(=C\c5ccc(C)o5)c(=O)n42)c2ccccc2CC3)cc1OC. The number of ether oxygens (including phenoxy) is 2. The lowest BCUT2D eigenvalue weighted by molar-refractivity contribution is 0.354. The molecular weight excluding hydrogens is 460 g/mol. The topological polar surface area (TPSA) is 66.0 Å². The van der Waals surface area contributed by atoms with Crippen LogP contribution in [0.4, 0.5) is 0 Å². The largest absolute Gasteiger partial charge is 0.493 e. The Balaban J connectivity index is 1.63. The number of furan rings is 1. The molecular formula is C28H24N2O4S. The molecule has 1 aliphatic heterocycles. The van der Waals surface area contributed by atoms with Crippen LogP contribution in [0.3, 0.4) is 0 Å². The van der Waals surface area contributed by atoms with Gasteiger partial charge in [0.15, 0.2) is 16.3 Å². The summed E-state index contributed by atoms with van der Waals surface area (Å²) in [6.45, 7) is 1.89. The average Bonchev–Trinajstić information content (AvgIpc) is 3.44. The Morgan fingerprint density at radius 3 is 2.66 bits per heavy atom. The molecule has 0 saturated carbocycles. The summed E-state index contributed by atoms with van der Waals surface area (Å²) in [5.41, 5.74) is 5.42. The molecule has 7 heteroatoms. The summed E-state index contributed by atoms with van der Waals surface area (Å²) in [6.07, 6.45) is 3.54. The highest BCUT2D eigenvalue weighted by atomic mass is 32.1. The lowest BCUT2D eigenvalue weighted by Gasteiger charge is -2.31. The van der Waals surface area contributed by atoms with Gasteiger partial charge < -0.3 is 13.9 Å². The smallest absolute Gasteiger partial charge is 0.271 e. The van der Waals surface area contributed by atoms with Crippen molar-refractivity contribution in [2.24, 2.45) is 4.99 Å². The highest BCUT2D eigenvalue weighted by molar-refractivity contribution is 7.07. The molecule has 0 N–H and O–H groups in total. The number of methoxy groups -OCH3 is 2. The van der Waals surface area contributed by atoms with Gasteiger partial charge in [0, 0.05) is 11.6 Å². The molecule has 1 unspecified atom stereocenters. The molecule has 2 aromatic heterocycles. The van der Waals surface area contributed by atoms with E-state index in [0.717, 1.165) is 41.0 Å². The van der Waals surface area contributed by atoms with E-state index < -0.39 is 0 Å². The number of aromatic nitrogens is 1. The van der Waals surface area contributed by atoms with Crippen molar-refractivity contribution in [1.82, 2.24) is 4.57 Å². The number of thiazole rings is 1. The van der Waals surface area contributed by atoms with E-state index in [0.29, 0.717) is 26.6 Å². The van der Waals surface area contributed by atoms with Crippen LogP contribution in [-0.2, 0) is 6.42 Å². The summed E-state index contributed by atoms with van der Waals surface area (Å²) >= 11 is 1.39. The van der Waals surface area contributed by atoms with E-state index in [1.807, 2.05) is 47.9 Å². The Morgan fingerprint density at radius 1 is 1.06 bits per heavy atom. The number of allylic oxidation sites excluding steroid dienone is 1. The number of rotatable bonds is 4. The summed E-state index contributed by atoms with van der Waals surface area (Å²) < 4.78 is 19.2.